The summed E-state index contributed by atoms with van der Waals surface area (Å²) in [6, 6.07) is 4.89. The van der Waals surface area contributed by atoms with E-state index in [0.717, 1.165) is 30.2 Å². The smallest absolute Gasteiger partial charge is 0.142 e. The van der Waals surface area contributed by atoms with Gasteiger partial charge in [-0.1, -0.05) is 24.6 Å². The summed E-state index contributed by atoms with van der Waals surface area (Å²) in [5.74, 6) is 0.536. The molecule has 1 N–H and O–H groups in total. The van der Waals surface area contributed by atoms with Crippen molar-refractivity contribution in [1.82, 2.24) is 14.9 Å². The van der Waals surface area contributed by atoms with Crippen LogP contribution in [0, 0.1) is 12.7 Å². The Hall–Kier alpha value is -1.39. The fourth-order valence-electron chi connectivity index (χ4n) is 1.95. The number of aromatic nitrogens is 2. The van der Waals surface area contributed by atoms with Gasteiger partial charge >= 0.3 is 0 Å². The van der Waals surface area contributed by atoms with Gasteiger partial charge in [-0.15, -0.1) is 0 Å². The molecule has 1 heterocycles. The molecule has 0 saturated carbocycles. The number of halogens is 2. The van der Waals surface area contributed by atoms with E-state index < -0.39 is 0 Å². The van der Waals surface area contributed by atoms with Gasteiger partial charge in [0.1, 0.15) is 11.6 Å². The molecule has 5 heteroatoms. The summed E-state index contributed by atoms with van der Waals surface area (Å²) in [6.07, 6.45) is 1.85. The minimum Gasteiger partial charge on any atom is -0.327 e. The van der Waals surface area contributed by atoms with Crippen LogP contribution in [0.5, 0.6) is 0 Å². The number of hydrogen-bond donors (Lipinski definition) is 1. The molecule has 0 amide bonds. The van der Waals surface area contributed by atoms with Crippen LogP contribution in [0.2, 0.25) is 5.02 Å². The predicted molar refractivity (Wildman–Crippen MR) is 74.9 cm³/mol. The molecule has 0 bridgehead atoms. The molecule has 0 fully saturated rings. The zero-order chi connectivity index (χ0) is 13.8. The Morgan fingerprint density at radius 2 is 2.21 bits per heavy atom. The maximum absolute atomic E-state index is 13.4. The van der Waals surface area contributed by atoms with Gasteiger partial charge in [-0.25, -0.2) is 9.37 Å². The van der Waals surface area contributed by atoms with E-state index in [1.54, 1.807) is 6.07 Å². The topological polar surface area (TPSA) is 29.9 Å². The lowest BCUT2D eigenvalue weighted by Crippen LogP contribution is -2.16. The first-order chi connectivity index (χ1) is 9.11. The molecule has 1 aromatic carbocycles. The first kappa shape index (κ1) is 14.0. The Kier molecular flexibility index (Phi) is 4.56. The van der Waals surface area contributed by atoms with Crippen molar-refractivity contribution in [3.8, 4) is 0 Å². The highest BCUT2D eigenvalue weighted by Gasteiger charge is 2.08. The van der Waals surface area contributed by atoms with Gasteiger partial charge in [0.15, 0.2) is 0 Å². The highest BCUT2D eigenvalue weighted by Crippen LogP contribution is 2.17. The standard InChI is InChI=1S/C14H17ClFN3/c1-3-17-7-12-8-18-10(2)19(12)9-11-4-5-13(15)14(16)6-11/h4-6,8,17H,3,7,9H2,1-2H3. The van der Waals surface area contributed by atoms with Crippen LogP contribution in [0.25, 0.3) is 0 Å². The Morgan fingerprint density at radius 3 is 2.89 bits per heavy atom. The van der Waals surface area contributed by atoms with Gasteiger partial charge in [-0.3, -0.25) is 0 Å². The second-order valence-electron chi connectivity index (χ2n) is 4.41. The van der Waals surface area contributed by atoms with Crippen LogP contribution in [0.15, 0.2) is 24.4 Å². The highest BCUT2D eigenvalue weighted by atomic mass is 35.5. The Bertz CT molecular complexity index is 566. The van der Waals surface area contributed by atoms with Crippen molar-refractivity contribution >= 4 is 11.6 Å². The molecule has 0 unspecified atom stereocenters. The molecule has 102 valence electrons. The lowest BCUT2D eigenvalue weighted by atomic mass is 10.2. The molecule has 2 rings (SSSR count). The van der Waals surface area contributed by atoms with Crippen molar-refractivity contribution in [1.29, 1.82) is 0 Å². The summed E-state index contributed by atoms with van der Waals surface area (Å²) in [6.45, 7) is 6.26. The van der Waals surface area contributed by atoms with Crippen molar-refractivity contribution in [2.24, 2.45) is 0 Å². The zero-order valence-electron chi connectivity index (χ0n) is 11.1. The van der Waals surface area contributed by atoms with Crippen LogP contribution >= 0.6 is 11.6 Å². The van der Waals surface area contributed by atoms with Crippen molar-refractivity contribution in [3.05, 3.63) is 52.3 Å². The number of aryl methyl sites for hydroxylation is 1. The predicted octanol–water partition coefficient (Wildman–Crippen LogP) is 3.14. The summed E-state index contributed by atoms with van der Waals surface area (Å²) in [7, 11) is 0. The summed E-state index contributed by atoms with van der Waals surface area (Å²) in [5.41, 5.74) is 1.97. The minimum absolute atomic E-state index is 0.152. The number of imidazole rings is 1. The van der Waals surface area contributed by atoms with Crippen molar-refractivity contribution < 1.29 is 4.39 Å². The third-order valence-corrected chi connectivity index (χ3v) is 3.33. The SMILES string of the molecule is CCNCc1cnc(C)n1Cc1ccc(Cl)c(F)c1. The Balaban J connectivity index is 2.22. The molecule has 0 aliphatic rings. The first-order valence-electron chi connectivity index (χ1n) is 6.27. The molecule has 2 aromatic rings. The van der Waals surface area contributed by atoms with Crippen LogP contribution in [0.4, 0.5) is 4.39 Å². The third-order valence-electron chi connectivity index (χ3n) is 3.02. The van der Waals surface area contributed by atoms with Crippen LogP contribution in [-0.2, 0) is 13.1 Å². The summed E-state index contributed by atoms with van der Waals surface area (Å²) in [5, 5.41) is 3.42. The van der Waals surface area contributed by atoms with Gasteiger partial charge in [-0.05, 0) is 31.2 Å². The number of rotatable bonds is 5. The van der Waals surface area contributed by atoms with E-state index in [9.17, 15) is 4.39 Å². The molecule has 0 aliphatic heterocycles. The van der Waals surface area contributed by atoms with E-state index in [2.05, 4.69) is 21.8 Å². The van der Waals surface area contributed by atoms with Crippen LogP contribution in [-0.4, -0.2) is 16.1 Å². The molecule has 0 radical (unpaired) electrons. The lowest BCUT2D eigenvalue weighted by Gasteiger charge is -2.11. The van der Waals surface area contributed by atoms with Crippen molar-refractivity contribution in [2.75, 3.05) is 6.54 Å². The molecule has 3 nitrogen and oxygen atoms in total. The van der Waals surface area contributed by atoms with Gasteiger partial charge in [0.2, 0.25) is 0 Å². The van der Waals surface area contributed by atoms with E-state index >= 15 is 0 Å². The maximum Gasteiger partial charge on any atom is 0.142 e. The molecule has 0 atom stereocenters. The van der Waals surface area contributed by atoms with Gasteiger partial charge in [-0.2, -0.15) is 0 Å². The molecule has 0 saturated heterocycles. The van der Waals surface area contributed by atoms with E-state index in [1.165, 1.54) is 6.07 Å². The summed E-state index contributed by atoms with van der Waals surface area (Å²) >= 11 is 5.69. The number of hydrogen-bond acceptors (Lipinski definition) is 2. The third kappa shape index (κ3) is 3.33. The van der Waals surface area contributed by atoms with E-state index in [1.807, 2.05) is 19.2 Å². The quantitative estimate of drug-likeness (QED) is 0.912. The monoisotopic (exact) mass is 281 g/mol. The van der Waals surface area contributed by atoms with Crippen LogP contribution in [0.3, 0.4) is 0 Å². The van der Waals surface area contributed by atoms with E-state index in [-0.39, 0.29) is 10.8 Å². The van der Waals surface area contributed by atoms with Gasteiger partial charge in [0.25, 0.3) is 0 Å². The second kappa shape index (κ2) is 6.17. The Labute approximate surface area is 117 Å². The molecular formula is C14H17ClFN3. The second-order valence-corrected chi connectivity index (χ2v) is 4.82. The molecule has 1 aromatic heterocycles. The largest absolute Gasteiger partial charge is 0.327 e. The highest BCUT2D eigenvalue weighted by molar-refractivity contribution is 6.30. The molecule has 19 heavy (non-hydrogen) atoms. The average molecular weight is 282 g/mol. The first-order valence-corrected chi connectivity index (χ1v) is 6.65. The van der Waals surface area contributed by atoms with Gasteiger partial charge in [0, 0.05) is 19.3 Å². The van der Waals surface area contributed by atoms with E-state index in [4.69, 9.17) is 11.6 Å². The maximum atomic E-state index is 13.4. The Morgan fingerprint density at radius 1 is 1.42 bits per heavy atom. The summed E-state index contributed by atoms with van der Waals surface area (Å²) in [4.78, 5) is 4.31. The number of benzene rings is 1. The van der Waals surface area contributed by atoms with Gasteiger partial charge in [0.05, 0.1) is 10.7 Å². The molecular weight excluding hydrogens is 265 g/mol. The fourth-order valence-corrected chi connectivity index (χ4v) is 2.06. The number of nitrogens with one attached hydrogen (secondary N) is 1. The molecule has 0 aliphatic carbocycles. The molecule has 0 spiro atoms. The average Bonchev–Trinajstić information content (AvgIpc) is 2.73. The fraction of sp³-hybridized carbons (Fsp3) is 0.357. The number of nitrogens with zero attached hydrogens (tertiary/aromatic N) is 2. The van der Waals surface area contributed by atoms with Crippen molar-refractivity contribution in [3.63, 3.8) is 0 Å². The van der Waals surface area contributed by atoms with E-state index in [0.29, 0.717) is 6.54 Å². The summed E-state index contributed by atoms with van der Waals surface area (Å²) < 4.78 is 15.5. The normalized spacial score (nSPS) is 10.9. The lowest BCUT2D eigenvalue weighted by molar-refractivity contribution is 0.617. The van der Waals surface area contributed by atoms with Crippen molar-refractivity contribution in [2.45, 2.75) is 26.9 Å². The van der Waals surface area contributed by atoms with Gasteiger partial charge < -0.3 is 9.88 Å². The van der Waals surface area contributed by atoms with Crippen LogP contribution in [0.1, 0.15) is 24.0 Å². The minimum atomic E-state index is -0.384. The zero-order valence-corrected chi connectivity index (χ0v) is 11.8. The van der Waals surface area contributed by atoms with Crippen LogP contribution < -0.4 is 5.32 Å².